The summed E-state index contributed by atoms with van der Waals surface area (Å²) in [7, 11) is 3.08. The van der Waals surface area contributed by atoms with Gasteiger partial charge in [-0.25, -0.2) is 0 Å². The summed E-state index contributed by atoms with van der Waals surface area (Å²) in [4.78, 5) is 33.4. The molecule has 0 unspecified atom stereocenters. The van der Waals surface area contributed by atoms with Crippen LogP contribution in [0.1, 0.15) is 27.3 Å². The molecule has 0 saturated carbocycles. The molecule has 1 N–H and O–H groups in total. The van der Waals surface area contributed by atoms with E-state index < -0.39 is 27.1 Å². The molecule has 0 aliphatic heterocycles. The minimum atomic E-state index is -0.790. The van der Waals surface area contributed by atoms with Gasteiger partial charge in [0.1, 0.15) is 0 Å². The average molecular weight is 455 g/mol. The fourth-order valence-electron chi connectivity index (χ4n) is 3.31. The van der Waals surface area contributed by atoms with Crippen molar-refractivity contribution in [2.75, 3.05) is 19.5 Å². The van der Waals surface area contributed by atoms with Crippen molar-refractivity contribution in [2.45, 2.75) is 20.4 Å². The predicted molar refractivity (Wildman–Crippen MR) is 118 cm³/mol. The molecular formula is C21H21N5O7. The van der Waals surface area contributed by atoms with E-state index in [1.54, 1.807) is 31.7 Å². The Bertz CT molecular complexity index is 1220. The average Bonchev–Trinajstić information content (AvgIpc) is 3.05. The summed E-state index contributed by atoms with van der Waals surface area (Å²) in [5, 5.41) is 29.3. The molecule has 0 spiro atoms. The van der Waals surface area contributed by atoms with Gasteiger partial charge >= 0.3 is 0 Å². The number of carbonyl (C=O) groups is 1. The highest BCUT2D eigenvalue weighted by Crippen LogP contribution is 2.29. The Morgan fingerprint density at radius 3 is 2.15 bits per heavy atom. The van der Waals surface area contributed by atoms with Crippen LogP contribution in [-0.4, -0.2) is 39.8 Å². The summed E-state index contributed by atoms with van der Waals surface area (Å²) < 4.78 is 12.2. The predicted octanol–water partition coefficient (Wildman–Crippen LogP) is 3.63. The number of hydrogen-bond donors (Lipinski definition) is 1. The Balaban J connectivity index is 1.88. The first-order valence-electron chi connectivity index (χ1n) is 9.64. The highest BCUT2D eigenvalue weighted by Gasteiger charge is 2.22. The van der Waals surface area contributed by atoms with Crippen molar-refractivity contribution >= 4 is 23.0 Å². The minimum Gasteiger partial charge on any atom is -0.493 e. The van der Waals surface area contributed by atoms with Gasteiger partial charge in [-0.05, 0) is 31.5 Å². The van der Waals surface area contributed by atoms with Gasteiger partial charge in [0.2, 0.25) is 0 Å². The van der Waals surface area contributed by atoms with Crippen LogP contribution in [0.15, 0.2) is 36.4 Å². The molecule has 1 heterocycles. The van der Waals surface area contributed by atoms with Gasteiger partial charge < -0.3 is 14.8 Å². The maximum atomic E-state index is 12.8. The molecule has 12 nitrogen and oxygen atoms in total. The van der Waals surface area contributed by atoms with E-state index in [1.807, 2.05) is 12.1 Å². The molecule has 33 heavy (non-hydrogen) atoms. The van der Waals surface area contributed by atoms with Crippen LogP contribution >= 0.6 is 0 Å². The third kappa shape index (κ3) is 4.89. The first-order chi connectivity index (χ1) is 15.6. The zero-order chi connectivity index (χ0) is 24.3. The molecule has 1 aromatic heterocycles. The molecule has 0 bridgehead atoms. The second-order valence-corrected chi connectivity index (χ2v) is 7.10. The van der Waals surface area contributed by atoms with Crippen molar-refractivity contribution in [3.05, 3.63) is 79.1 Å². The van der Waals surface area contributed by atoms with Gasteiger partial charge in [-0.15, -0.1) is 0 Å². The van der Waals surface area contributed by atoms with Crippen LogP contribution in [0.2, 0.25) is 0 Å². The molecule has 12 heteroatoms. The quantitative estimate of drug-likeness (QED) is 0.399. The number of nitro groups is 2. The van der Waals surface area contributed by atoms with Crippen LogP contribution in [0.25, 0.3) is 0 Å². The van der Waals surface area contributed by atoms with E-state index in [9.17, 15) is 25.0 Å². The number of amides is 1. The van der Waals surface area contributed by atoms with Crippen LogP contribution < -0.4 is 14.8 Å². The van der Waals surface area contributed by atoms with Crippen molar-refractivity contribution in [1.29, 1.82) is 0 Å². The van der Waals surface area contributed by atoms with Crippen molar-refractivity contribution in [1.82, 2.24) is 9.78 Å². The monoisotopic (exact) mass is 455 g/mol. The Morgan fingerprint density at radius 2 is 1.61 bits per heavy atom. The van der Waals surface area contributed by atoms with E-state index >= 15 is 0 Å². The van der Waals surface area contributed by atoms with Crippen molar-refractivity contribution < 1.29 is 24.1 Å². The topological polar surface area (TPSA) is 152 Å². The Hall–Kier alpha value is -4.48. The van der Waals surface area contributed by atoms with E-state index in [4.69, 9.17) is 9.47 Å². The molecule has 1 amide bonds. The Morgan fingerprint density at radius 1 is 1.00 bits per heavy atom. The number of benzene rings is 2. The highest BCUT2D eigenvalue weighted by molar-refractivity contribution is 6.05. The molecule has 2 aromatic carbocycles. The largest absolute Gasteiger partial charge is 0.493 e. The molecule has 3 aromatic rings. The molecule has 0 radical (unpaired) electrons. The normalized spacial score (nSPS) is 10.5. The van der Waals surface area contributed by atoms with E-state index in [1.165, 1.54) is 7.11 Å². The van der Waals surface area contributed by atoms with E-state index in [2.05, 4.69) is 10.4 Å². The van der Waals surface area contributed by atoms with Gasteiger partial charge in [0.15, 0.2) is 11.5 Å². The lowest BCUT2D eigenvalue weighted by molar-refractivity contribution is -0.394. The second-order valence-electron chi connectivity index (χ2n) is 7.10. The third-order valence-corrected chi connectivity index (χ3v) is 4.99. The number of rotatable bonds is 8. The Kier molecular flexibility index (Phi) is 6.56. The molecule has 0 aliphatic rings. The number of hydrogen-bond acceptors (Lipinski definition) is 8. The summed E-state index contributed by atoms with van der Waals surface area (Å²) in [5.74, 6) is 0.435. The summed E-state index contributed by atoms with van der Waals surface area (Å²) in [6, 6.07) is 8.22. The minimum absolute atomic E-state index is 0.206. The molecule has 3 rings (SSSR count). The van der Waals surface area contributed by atoms with E-state index in [-0.39, 0.29) is 5.56 Å². The molecule has 0 fully saturated rings. The fraction of sp³-hybridized carbons (Fsp3) is 0.238. The maximum Gasteiger partial charge on any atom is 0.277 e. The molecular weight excluding hydrogens is 434 g/mol. The van der Waals surface area contributed by atoms with Gasteiger partial charge in [-0.2, -0.15) is 5.10 Å². The van der Waals surface area contributed by atoms with Gasteiger partial charge in [-0.1, -0.05) is 6.07 Å². The lowest BCUT2D eigenvalue weighted by Gasteiger charge is -2.11. The van der Waals surface area contributed by atoms with Crippen LogP contribution in [0.5, 0.6) is 11.5 Å². The van der Waals surface area contributed by atoms with Crippen LogP contribution in [0, 0.1) is 34.1 Å². The van der Waals surface area contributed by atoms with E-state index in [0.29, 0.717) is 35.1 Å². The maximum absolute atomic E-state index is 12.8. The molecule has 172 valence electrons. The second kappa shape index (κ2) is 9.34. The smallest absolute Gasteiger partial charge is 0.277 e. The van der Waals surface area contributed by atoms with Crippen molar-refractivity contribution in [3.8, 4) is 11.5 Å². The first kappa shape index (κ1) is 23.2. The summed E-state index contributed by atoms with van der Waals surface area (Å²) in [6.07, 6.45) is 0. The Labute approximate surface area is 188 Å². The fourth-order valence-corrected chi connectivity index (χ4v) is 3.31. The first-order valence-corrected chi connectivity index (χ1v) is 9.64. The van der Waals surface area contributed by atoms with Crippen molar-refractivity contribution in [3.63, 3.8) is 0 Å². The molecule has 0 atom stereocenters. The third-order valence-electron chi connectivity index (χ3n) is 4.99. The number of aryl methyl sites for hydroxylation is 1. The number of anilines is 1. The molecule has 0 saturated heterocycles. The number of non-ortho nitro benzene ring substituents is 2. The van der Waals surface area contributed by atoms with Gasteiger partial charge in [0.25, 0.3) is 17.3 Å². The zero-order valence-electron chi connectivity index (χ0n) is 18.3. The number of nitrogens with zero attached hydrogens (tertiary/aromatic N) is 4. The van der Waals surface area contributed by atoms with Gasteiger partial charge in [0.05, 0.1) is 59.3 Å². The van der Waals surface area contributed by atoms with Crippen LogP contribution in [-0.2, 0) is 6.54 Å². The number of ether oxygens (including phenoxy) is 2. The number of nitrogens with one attached hydrogen (secondary N) is 1. The van der Waals surface area contributed by atoms with Gasteiger partial charge in [-0.3, -0.25) is 29.7 Å². The SMILES string of the molecule is COc1ccc(Cn2nc(C)c(NC(=O)c3cc([N+](=O)[O-])cc([N+](=O)[O-])c3)c2C)cc1OC. The van der Waals surface area contributed by atoms with E-state index in [0.717, 1.165) is 23.8 Å². The zero-order valence-corrected chi connectivity index (χ0v) is 18.3. The number of aromatic nitrogens is 2. The standard InChI is InChI=1S/C21H21N5O7/c1-12-20(22-21(27)15-8-16(25(28)29)10-17(9-15)26(30)31)13(2)24(23-12)11-14-5-6-18(32-3)19(7-14)33-4/h5-10H,11H2,1-4H3,(H,22,27). The number of methoxy groups -OCH3 is 2. The van der Waals surface area contributed by atoms with Crippen LogP contribution in [0.3, 0.4) is 0 Å². The summed E-state index contributed by atoms with van der Waals surface area (Å²) >= 11 is 0. The summed E-state index contributed by atoms with van der Waals surface area (Å²) in [6.45, 7) is 3.83. The summed E-state index contributed by atoms with van der Waals surface area (Å²) in [5.41, 5.74) is 1.14. The number of nitro benzene ring substituents is 2. The lowest BCUT2D eigenvalue weighted by Crippen LogP contribution is -2.14. The lowest BCUT2D eigenvalue weighted by atomic mass is 10.1. The molecule has 0 aliphatic carbocycles. The van der Waals surface area contributed by atoms with Crippen molar-refractivity contribution in [2.24, 2.45) is 0 Å². The van der Waals surface area contributed by atoms with Gasteiger partial charge in [0, 0.05) is 12.1 Å². The van der Waals surface area contributed by atoms with Crippen LogP contribution in [0.4, 0.5) is 17.1 Å². The highest BCUT2D eigenvalue weighted by atomic mass is 16.6. The number of carbonyl (C=O) groups excluding carboxylic acids is 1.